The Kier molecular flexibility index (Phi) is 4.68. The SMILES string of the molecule is Nc1ncnc2c1nc(SCc1ccc3nsnc3c1)n2C[C@H](O)CO. The number of aliphatic hydroxyl groups is 2. The number of imidazole rings is 1. The van der Waals surface area contributed by atoms with Crippen molar-refractivity contribution in [2.45, 2.75) is 23.6 Å². The first-order valence-corrected chi connectivity index (χ1v) is 9.47. The molecule has 4 rings (SSSR count). The standard InChI is InChI=1S/C15H15N7O2S2/c16-13-12-14(18-7-17-13)22(4-9(24)5-23)15(19-12)25-6-8-1-2-10-11(3-8)21-26-20-10/h1-3,7,9,23-24H,4-6H2,(H2,16,17,18)/t9-/m0/s1. The van der Waals surface area contributed by atoms with E-state index in [1.807, 2.05) is 18.2 Å². The molecule has 1 atom stereocenters. The quantitative estimate of drug-likeness (QED) is 0.413. The summed E-state index contributed by atoms with van der Waals surface area (Å²) in [6.45, 7) is -0.182. The van der Waals surface area contributed by atoms with E-state index in [1.54, 1.807) is 4.57 Å². The van der Waals surface area contributed by atoms with Gasteiger partial charge in [0.25, 0.3) is 0 Å². The Labute approximate surface area is 156 Å². The molecule has 134 valence electrons. The van der Waals surface area contributed by atoms with Crippen molar-refractivity contribution in [1.82, 2.24) is 28.3 Å². The summed E-state index contributed by atoms with van der Waals surface area (Å²) < 4.78 is 10.2. The normalized spacial score (nSPS) is 12.8. The Hall–Kier alpha value is -2.34. The predicted molar refractivity (Wildman–Crippen MR) is 99.8 cm³/mol. The Morgan fingerprint density at radius 2 is 2.08 bits per heavy atom. The number of aliphatic hydroxyl groups excluding tert-OH is 2. The van der Waals surface area contributed by atoms with Gasteiger partial charge in [0.15, 0.2) is 22.1 Å². The summed E-state index contributed by atoms with van der Waals surface area (Å²) >= 11 is 2.68. The lowest BCUT2D eigenvalue weighted by Crippen LogP contribution is -2.20. The first-order valence-electron chi connectivity index (χ1n) is 7.75. The number of rotatable bonds is 6. The fraction of sp³-hybridized carbons (Fsp3) is 0.267. The molecular formula is C15H15N7O2S2. The fourth-order valence-electron chi connectivity index (χ4n) is 2.54. The molecule has 3 aromatic heterocycles. The molecule has 26 heavy (non-hydrogen) atoms. The van der Waals surface area contributed by atoms with Crippen molar-refractivity contribution in [2.24, 2.45) is 0 Å². The molecule has 0 aliphatic carbocycles. The van der Waals surface area contributed by atoms with Crippen LogP contribution in [0.5, 0.6) is 0 Å². The minimum absolute atomic E-state index is 0.167. The molecule has 1 aromatic carbocycles. The third kappa shape index (κ3) is 3.21. The average molecular weight is 389 g/mol. The third-order valence-corrected chi connectivity index (χ3v) is 5.42. The van der Waals surface area contributed by atoms with Crippen LogP contribution in [-0.4, -0.2) is 51.2 Å². The monoisotopic (exact) mass is 389 g/mol. The largest absolute Gasteiger partial charge is 0.394 e. The van der Waals surface area contributed by atoms with Crippen LogP contribution in [-0.2, 0) is 12.3 Å². The molecule has 0 saturated carbocycles. The lowest BCUT2D eigenvalue weighted by molar-refractivity contribution is 0.0801. The Morgan fingerprint density at radius 3 is 2.92 bits per heavy atom. The molecule has 0 aliphatic heterocycles. The maximum atomic E-state index is 9.87. The summed E-state index contributed by atoms with van der Waals surface area (Å²) in [5, 5.41) is 19.7. The van der Waals surface area contributed by atoms with Crippen LogP contribution in [0.1, 0.15) is 5.56 Å². The van der Waals surface area contributed by atoms with Crippen molar-refractivity contribution in [3.8, 4) is 0 Å². The number of aromatic nitrogens is 6. The van der Waals surface area contributed by atoms with Gasteiger partial charge < -0.3 is 20.5 Å². The molecule has 0 saturated heterocycles. The van der Waals surface area contributed by atoms with Crippen LogP contribution in [0.15, 0.2) is 29.7 Å². The van der Waals surface area contributed by atoms with E-state index >= 15 is 0 Å². The van der Waals surface area contributed by atoms with E-state index < -0.39 is 6.10 Å². The van der Waals surface area contributed by atoms with Crippen molar-refractivity contribution in [3.05, 3.63) is 30.1 Å². The Morgan fingerprint density at radius 1 is 1.23 bits per heavy atom. The van der Waals surface area contributed by atoms with E-state index in [0.717, 1.165) is 16.6 Å². The first-order chi connectivity index (χ1) is 12.7. The summed E-state index contributed by atoms with van der Waals surface area (Å²) in [4.78, 5) is 12.7. The molecule has 0 radical (unpaired) electrons. The number of fused-ring (bicyclic) bond motifs is 2. The fourth-order valence-corrected chi connectivity index (χ4v) is 4.01. The van der Waals surface area contributed by atoms with E-state index in [9.17, 15) is 10.2 Å². The van der Waals surface area contributed by atoms with Gasteiger partial charge in [0, 0.05) is 5.75 Å². The van der Waals surface area contributed by atoms with Crippen LogP contribution in [0.3, 0.4) is 0 Å². The molecule has 0 unspecified atom stereocenters. The van der Waals surface area contributed by atoms with Gasteiger partial charge in [-0.2, -0.15) is 8.75 Å². The number of thioether (sulfide) groups is 1. The van der Waals surface area contributed by atoms with Crippen molar-refractivity contribution in [2.75, 3.05) is 12.3 Å². The van der Waals surface area contributed by atoms with Crippen molar-refractivity contribution in [1.29, 1.82) is 0 Å². The molecule has 0 aliphatic rings. The van der Waals surface area contributed by atoms with Gasteiger partial charge in [-0.25, -0.2) is 15.0 Å². The van der Waals surface area contributed by atoms with Crippen LogP contribution in [0.2, 0.25) is 0 Å². The van der Waals surface area contributed by atoms with Gasteiger partial charge in [-0.3, -0.25) is 0 Å². The zero-order valence-electron chi connectivity index (χ0n) is 13.5. The summed E-state index contributed by atoms with van der Waals surface area (Å²) in [5.41, 5.74) is 9.74. The van der Waals surface area contributed by atoms with Gasteiger partial charge in [-0.05, 0) is 17.7 Å². The number of nitrogens with two attached hydrogens (primary N) is 1. The van der Waals surface area contributed by atoms with Crippen molar-refractivity contribution in [3.63, 3.8) is 0 Å². The van der Waals surface area contributed by atoms with Crippen molar-refractivity contribution >= 4 is 51.5 Å². The van der Waals surface area contributed by atoms with Gasteiger partial charge in [-0.15, -0.1) is 0 Å². The molecule has 0 amide bonds. The summed E-state index contributed by atoms with van der Waals surface area (Å²) in [5.74, 6) is 0.934. The minimum atomic E-state index is -0.916. The maximum absolute atomic E-state index is 9.87. The molecule has 0 bridgehead atoms. The van der Waals surface area contributed by atoms with Crippen LogP contribution >= 0.6 is 23.5 Å². The number of nitrogens with zero attached hydrogens (tertiary/aromatic N) is 6. The highest BCUT2D eigenvalue weighted by molar-refractivity contribution is 7.98. The summed E-state index contributed by atoms with van der Waals surface area (Å²) in [7, 11) is 0. The average Bonchev–Trinajstić information content (AvgIpc) is 3.25. The second-order valence-electron chi connectivity index (χ2n) is 5.65. The van der Waals surface area contributed by atoms with E-state index in [2.05, 4.69) is 23.7 Å². The van der Waals surface area contributed by atoms with Crippen LogP contribution in [0, 0.1) is 0 Å². The zero-order valence-corrected chi connectivity index (χ0v) is 15.1. The maximum Gasteiger partial charge on any atom is 0.170 e. The molecule has 4 N–H and O–H groups in total. The van der Waals surface area contributed by atoms with E-state index in [4.69, 9.17) is 5.73 Å². The predicted octanol–water partition coefficient (Wildman–Crippen LogP) is 1.06. The number of anilines is 1. The van der Waals surface area contributed by atoms with Crippen LogP contribution in [0.25, 0.3) is 22.2 Å². The smallest absolute Gasteiger partial charge is 0.170 e. The highest BCUT2D eigenvalue weighted by atomic mass is 32.2. The highest BCUT2D eigenvalue weighted by Gasteiger charge is 2.17. The molecular weight excluding hydrogens is 374 g/mol. The van der Waals surface area contributed by atoms with Crippen LogP contribution in [0.4, 0.5) is 5.82 Å². The van der Waals surface area contributed by atoms with Crippen LogP contribution < -0.4 is 5.73 Å². The molecule has 11 heteroatoms. The second kappa shape index (κ2) is 7.11. The number of hydrogen-bond acceptors (Lipinski definition) is 10. The molecule has 4 aromatic rings. The van der Waals surface area contributed by atoms with E-state index in [-0.39, 0.29) is 19.0 Å². The molecule has 3 heterocycles. The zero-order chi connectivity index (χ0) is 18.1. The minimum Gasteiger partial charge on any atom is -0.394 e. The van der Waals surface area contributed by atoms with Gasteiger partial charge in [0.2, 0.25) is 0 Å². The molecule has 0 fully saturated rings. The van der Waals surface area contributed by atoms with E-state index in [0.29, 0.717) is 22.1 Å². The molecule has 9 nitrogen and oxygen atoms in total. The van der Waals surface area contributed by atoms with Gasteiger partial charge in [0.1, 0.15) is 17.4 Å². The Balaban J connectivity index is 1.65. The van der Waals surface area contributed by atoms with Gasteiger partial charge in [0.05, 0.1) is 31.0 Å². The number of benzene rings is 1. The molecule has 0 spiro atoms. The van der Waals surface area contributed by atoms with Gasteiger partial charge in [-0.1, -0.05) is 17.8 Å². The summed E-state index contributed by atoms with van der Waals surface area (Å²) in [6.07, 6.45) is 0.444. The number of nitrogen functional groups attached to an aromatic ring is 1. The third-order valence-electron chi connectivity index (χ3n) is 3.82. The van der Waals surface area contributed by atoms with Gasteiger partial charge >= 0.3 is 0 Å². The lowest BCUT2D eigenvalue weighted by atomic mass is 10.2. The highest BCUT2D eigenvalue weighted by Crippen LogP contribution is 2.28. The van der Waals surface area contributed by atoms with E-state index in [1.165, 1.54) is 29.8 Å². The summed E-state index contributed by atoms with van der Waals surface area (Å²) in [6, 6.07) is 5.94. The number of hydrogen-bond donors (Lipinski definition) is 3. The topological polar surface area (TPSA) is 136 Å². The Bertz CT molecular complexity index is 1060. The lowest BCUT2D eigenvalue weighted by Gasteiger charge is -2.11. The second-order valence-corrected chi connectivity index (χ2v) is 7.12. The first kappa shape index (κ1) is 17.1. The van der Waals surface area contributed by atoms with Crippen molar-refractivity contribution < 1.29 is 10.2 Å².